The normalized spacial score (nSPS) is 10.4. The Hall–Kier alpha value is -1.81. The van der Waals surface area contributed by atoms with E-state index in [1.54, 1.807) is 18.2 Å². The molecule has 0 aliphatic rings. The second kappa shape index (κ2) is 4.82. The third-order valence-corrected chi connectivity index (χ3v) is 4.00. The number of hydrogen-bond donors (Lipinski definition) is 2. The van der Waals surface area contributed by atoms with Gasteiger partial charge in [0.15, 0.2) is 0 Å². The Balaban J connectivity index is 2.21. The number of benzene rings is 1. The zero-order chi connectivity index (χ0) is 13.3. The second-order valence-electron chi connectivity index (χ2n) is 4.30. The van der Waals surface area contributed by atoms with Gasteiger partial charge < -0.3 is 10.4 Å². The zero-order valence-corrected chi connectivity index (χ0v) is 11.4. The largest absolute Gasteiger partial charge is 0.508 e. The molecule has 0 saturated carbocycles. The average molecular weight is 261 g/mol. The standard InChI is InChI=1S/C14H15NO2S/c1-8-7-13(18-10(8)3)14(17)15-12-5-4-11(16)6-9(12)2/h4-7,16H,1-3H3,(H,15,17). The Labute approximate surface area is 110 Å². The molecule has 94 valence electrons. The van der Waals surface area contributed by atoms with Gasteiger partial charge in [-0.1, -0.05) is 0 Å². The minimum Gasteiger partial charge on any atom is -0.508 e. The fourth-order valence-electron chi connectivity index (χ4n) is 1.66. The predicted octanol–water partition coefficient (Wildman–Crippen LogP) is 3.63. The van der Waals surface area contributed by atoms with Gasteiger partial charge in [-0.2, -0.15) is 0 Å². The quantitative estimate of drug-likeness (QED) is 0.811. The molecule has 0 aliphatic carbocycles. The molecule has 0 bridgehead atoms. The van der Waals surface area contributed by atoms with Crippen LogP contribution in [0.2, 0.25) is 0 Å². The summed E-state index contributed by atoms with van der Waals surface area (Å²) in [6.07, 6.45) is 0. The van der Waals surface area contributed by atoms with Crippen molar-refractivity contribution in [1.82, 2.24) is 0 Å². The first-order valence-corrected chi connectivity index (χ1v) is 6.47. The topological polar surface area (TPSA) is 49.3 Å². The number of phenolic OH excluding ortho intramolecular Hbond substituents is 1. The first kappa shape index (κ1) is 12.6. The summed E-state index contributed by atoms with van der Waals surface area (Å²) < 4.78 is 0. The van der Waals surface area contributed by atoms with E-state index in [0.29, 0.717) is 4.88 Å². The number of amides is 1. The summed E-state index contributed by atoms with van der Waals surface area (Å²) in [4.78, 5) is 13.9. The van der Waals surface area contributed by atoms with Crippen molar-refractivity contribution in [2.45, 2.75) is 20.8 Å². The number of carbonyl (C=O) groups is 1. The number of rotatable bonds is 2. The second-order valence-corrected chi connectivity index (χ2v) is 5.56. The number of phenols is 1. The number of anilines is 1. The summed E-state index contributed by atoms with van der Waals surface area (Å²) >= 11 is 1.49. The van der Waals surface area contributed by atoms with Crippen molar-refractivity contribution in [3.63, 3.8) is 0 Å². The lowest BCUT2D eigenvalue weighted by Gasteiger charge is -2.07. The van der Waals surface area contributed by atoms with Crippen LogP contribution in [-0.2, 0) is 0 Å². The SMILES string of the molecule is Cc1cc(O)ccc1NC(=O)c1cc(C)c(C)s1. The monoisotopic (exact) mass is 261 g/mol. The molecule has 0 aliphatic heterocycles. The van der Waals surface area contributed by atoms with Gasteiger partial charge in [0.2, 0.25) is 0 Å². The Bertz CT molecular complexity index is 582. The van der Waals surface area contributed by atoms with E-state index >= 15 is 0 Å². The van der Waals surface area contributed by atoms with Crippen molar-refractivity contribution in [3.8, 4) is 5.75 Å². The summed E-state index contributed by atoms with van der Waals surface area (Å²) in [6.45, 7) is 5.84. The third kappa shape index (κ3) is 2.54. The molecule has 3 nitrogen and oxygen atoms in total. The van der Waals surface area contributed by atoms with Crippen LogP contribution in [0.4, 0.5) is 5.69 Å². The highest BCUT2D eigenvalue weighted by molar-refractivity contribution is 7.14. The summed E-state index contributed by atoms with van der Waals surface area (Å²) in [7, 11) is 0. The lowest BCUT2D eigenvalue weighted by Crippen LogP contribution is -2.10. The van der Waals surface area contributed by atoms with Gasteiger partial charge in [-0.3, -0.25) is 4.79 Å². The van der Waals surface area contributed by atoms with Crippen LogP contribution < -0.4 is 5.32 Å². The molecule has 0 unspecified atom stereocenters. The smallest absolute Gasteiger partial charge is 0.265 e. The van der Waals surface area contributed by atoms with E-state index in [1.807, 2.05) is 26.8 Å². The molecular formula is C14H15NO2S. The number of aryl methyl sites for hydroxylation is 3. The molecule has 0 spiro atoms. The molecule has 18 heavy (non-hydrogen) atoms. The third-order valence-electron chi connectivity index (χ3n) is 2.85. The van der Waals surface area contributed by atoms with E-state index in [2.05, 4.69) is 5.32 Å². The number of hydrogen-bond acceptors (Lipinski definition) is 3. The van der Waals surface area contributed by atoms with Gasteiger partial charge in [0, 0.05) is 10.6 Å². The van der Waals surface area contributed by atoms with Crippen molar-refractivity contribution in [1.29, 1.82) is 0 Å². The summed E-state index contributed by atoms with van der Waals surface area (Å²) in [5.41, 5.74) is 2.70. The first-order valence-electron chi connectivity index (χ1n) is 5.65. The molecule has 1 aromatic heterocycles. The van der Waals surface area contributed by atoms with Crippen molar-refractivity contribution < 1.29 is 9.90 Å². The van der Waals surface area contributed by atoms with Gasteiger partial charge in [-0.25, -0.2) is 0 Å². The molecule has 0 radical (unpaired) electrons. The Morgan fingerprint density at radius 3 is 2.44 bits per heavy atom. The maximum Gasteiger partial charge on any atom is 0.265 e. The fraction of sp³-hybridized carbons (Fsp3) is 0.214. The van der Waals surface area contributed by atoms with Gasteiger partial charge >= 0.3 is 0 Å². The van der Waals surface area contributed by atoms with Gasteiger partial charge in [0.1, 0.15) is 5.75 Å². The summed E-state index contributed by atoms with van der Waals surface area (Å²) in [6, 6.07) is 6.79. The van der Waals surface area contributed by atoms with E-state index in [4.69, 9.17) is 0 Å². The minimum atomic E-state index is -0.106. The zero-order valence-electron chi connectivity index (χ0n) is 10.6. The molecule has 2 aromatic rings. The Kier molecular flexibility index (Phi) is 3.39. The summed E-state index contributed by atoms with van der Waals surface area (Å²) in [5.74, 6) is 0.0956. The predicted molar refractivity (Wildman–Crippen MR) is 74.6 cm³/mol. The van der Waals surface area contributed by atoms with E-state index in [1.165, 1.54) is 11.3 Å². The van der Waals surface area contributed by atoms with E-state index in [-0.39, 0.29) is 11.7 Å². The Morgan fingerprint density at radius 2 is 1.89 bits per heavy atom. The molecule has 1 heterocycles. The minimum absolute atomic E-state index is 0.106. The number of carbonyl (C=O) groups excluding carboxylic acids is 1. The van der Waals surface area contributed by atoms with Crippen LogP contribution in [0, 0.1) is 20.8 Å². The average Bonchev–Trinajstić information content (AvgIpc) is 2.63. The van der Waals surface area contributed by atoms with Crippen LogP contribution in [0.15, 0.2) is 24.3 Å². The van der Waals surface area contributed by atoms with Crippen LogP contribution >= 0.6 is 11.3 Å². The first-order chi connectivity index (χ1) is 8.47. The molecule has 0 fully saturated rings. The van der Waals surface area contributed by atoms with Crippen LogP contribution in [0.25, 0.3) is 0 Å². The van der Waals surface area contributed by atoms with Crippen LogP contribution in [0.5, 0.6) is 5.75 Å². The number of thiophene rings is 1. The van der Waals surface area contributed by atoms with Crippen molar-refractivity contribution in [3.05, 3.63) is 45.1 Å². The van der Waals surface area contributed by atoms with Gasteiger partial charge in [-0.15, -0.1) is 11.3 Å². The molecule has 2 rings (SSSR count). The van der Waals surface area contributed by atoms with Crippen LogP contribution in [0.1, 0.15) is 25.7 Å². The van der Waals surface area contributed by atoms with Gasteiger partial charge in [-0.05, 0) is 56.2 Å². The number of nitrogens with one attached hydrogen (secondary N) is 1. The maximum absolute atomic E-state index is 12.1. The van der Waals surface area contributed by atoms with Gasteiger partial charge in [0.25, 0.3) is 5.91 Å². The fourth-order valence-corrected chi connectivity index (χ4v) is 2.59. The molecular weight excluding hydrogens is 246 g/mol. The van der Waals surface area contributed by atoms with Crippen molar-refractivity contribution in [2.24, 2.45) is 0 Å². The lowest BCUT2D eigenvalue weighted by atomic mass is 10.2. The van der Waals surface area contributed by atoms with Crippen LogP contribution in [-0.4, -0.2) is 11.0 Å². The van der Waals surface area contributed by atoms with Gasteiger partial charge in [0.05, 0.1) is 4.88 Å². The highest BCUT2D eigenvalue weighted by Gasteiger charge is 2.11. The van der Waals surface area contributed by atoms with E-state index < -0.39 is 0 Å². The van der Waals surface area contributed by atoms with E-state index in [9.17, 15) is 9.90 Å². The summed E-state index contributed by atoms with van der Waals surface area (Å²) in [5, 5.41) is 12.2. The number of aromatic hydroxyl groups is 1. The lowest BCUT2D eigenvalue weighted by molar-refractivity contribution is 0.103. The molecule has 2 N–H and O–H groups in total. The highest BCUT2D eigenvalue weighted by Crippen LogP contribution is 2.24. The highest BCUT2D eigenvalue weighted by atomic mass is 32.1. The maximum atomic E-state index is 12.1. The van der Waals surface area contributed by atoms with E-state index in [0.717, 1.165) is 21.7 Å². The molecule has 4 heteroatoms. The molecule has 1 aromatic carbocycles. The van der Waals surface area contributed by atoms with Crippen LogP contribution in [0.3, 0.4) is 0 Å². The molecule has 0 saturated heterocycles. The molecule has 0 atom stereocenters. The van der Waals surface area contributed by atoms with Crippen molar-refractivity contribution >= 4 is 22.9 Å². The van der Waals surface area contributed by atoms with Crippen molar-refractivity contribution in [2.75, 3.05) is 5.32 Å². The molecule has 1 amide bonds. The Morgan fingerprint density at radius 1 is 1.17 bits per heavy atom.